The van der Waals surface area contributed by atoms with Crippen molar-refractivity contribution >= 4 is 35.0 Å². The Morgan fingerprint density at radius 3 is 2.59 bits per heavy atom. The highest BCUT2D eigenvalue weighted by molar-refractivity contribution is 6.31. The van der Waals surface area contributed by atoms with Crippen molar-refractivity contribution in [1.82, 2.24) is 10.2 Å². The maximum atomic E-state index is 13.4. The second-order valence-electron chi connectivity index (χ2n) is 7.95. The van der Waals surface area contributed by atoms with Gasteiger partial charge in [-0.15, -0.1) is 0 Å². The van der Waals surface area contributed by atoms with Crippen LogP contribution in [0.25, 0.3) is 0 Å². The molecular weight excluding hydrogens is 390 g/mol. The van der Waals surface area contributed by atoms with E-state index in [0.717, 1.165) is 5.56 Å². The van der Waals surface area contributed by atoms with Crippen molar-refractivity contribution in [2.75, 3.05) is 11.9 Å². The van der Waals surface area contributed by atoms with Crippen molar-refractivity contribution < 1.29 is 14.4 Å². The molecule has 0 saturated carbocycles. The van der Waals surface area contributed by atoms with Gasteiger partial charge in [0.15, 0.2) is 0 Å². The number of rotatable bonds is 3. The van der Waals surface area contributed by atoms with Gasteiger partial charge in [-0.2, -0.15) is 0 Å². The number of hydrogen-bond acceptors (Lipinski definition) is 4. The highest BCUT2D eigenvalue weighted by Gasteiger charge is 2.69. The number of carbonyl (C=O) groups excluding carboxylic acids is 3. The van der Waals surface area contributed by atoms with Gasteiger partial charge in [-0.1, -0.05) is 41.9 Å². The summed E-state index contributed by atoms with van der Waals surface area (Å²) in [5.74, 6) is -2.17. The lowest BCUT2D eigenvalue weighted by atomic mass is 9.76. The molecule has 2 unspecified atom stereocenters. The van der Waals surface area contributed by atoms with Crippen LogP contribution in [-0.4, -0.2) is 35.2 Å². The predicted octanol–water partition coefficient (Wildman–Crippen LogP) is 2.32. The fraction of sp³-hybridized carbons (Fsp3) is 0.318. The minimum absolute atomic E-state index is 0.212. The molecule has 0 aromatic heterocycles. The van der Waals surface area contributed by atoms with Crippen LogP contribution in [0.4, 0.5) is 5.69 Å². The van der Waals surface area contributed by atoms with E-state index in [-0.39, 0.29) is 23.8 Å². The van der Waals surface area contributed by atoms with Crippen molar-refractivity contribution in [1.29, 1.82) is 0 Å². The first-order valence-electron chi connectivity index (χ1n) is 9.72. The lowest BCUT2D eigenvalue weighted by Gasteiger charge is -2.29. The lowest BCUT2D eigenvalue weighted by Crippen LogP contribution is -2.53. The monoisotopic (exact) mass is 409 g/mol. The maximum absolute atomic E-state index is 13.4. The molecule has 7 heteroatoms. The molecule has 3 aliphatic rings. The van der Waals surface area contributed by atoms with Gasteiger partial charge in [0, 0.05) is 28.9 Å². The summed E-state index contributed by atoms with van der Waals surface area (Å²) in [4.78, 5) is 41.0. The van der Waals surface area contributed by atoms with Crippen LogP contribution in [0.3, 0.4) is 0 Å². The molecule has 3 aliphatic heterocycles. The normalized spacial score (nSPS) is 30.1. The first-order chi connectivity index (χ1) is 13.9. The molecule has 29 heavy (non-hydrogen) atoms. The van der Waals surface area contributed by atoms with Crippen LogP contribution in [0.15, 0.2) is 48.5 Å². The fourth-order valence-electron chi connectivity index (χ4n) is 5.10. The van der Waals surface area contributed by atoms with E-state index < -0.39 is 17.4 Å². The van der Waals surface area contributed by atoms with Crippen LogP contribution in [0.2, 0.25) is 5.02 Å². The molecule has 5 rings (SSSR count). The van der Waals surface area contributed by atoms with E-state index in [2.05, 4.69) is 10.6 Å². The van der Waals surface area contributed by atoms with Gasteiger partial charge in [0.25, 0.3) is 0 Å². The Hall–Kier alpha value is -2.70. The van der Waals surface area contributed by atoms with Crippen LogP contribution in [0.5, 0.6) is 0 Å². The van der Waals surface area contributed by atoms with Crippen LogP contribution in [-0.2, 0) is 26.3 Å². The number of imide groups is 1. The molecule has 3 heterocycles. The summed E-state index contributed by atoms with van der Waals surface area (Å²) < 4.78 is 0. The Balaban J connectivity index is 1.52. The molecule has 6 nitrogen and oxygen atoms in total. The van der Waals surface area contributed by atoms with E-state index in [4.69, 9.17) is 11.6 Å². The van der Waals surface area contributed by atoms with Crippen molar-refractivity contribution in [2.24, 2.45) is 11.8 Å². The molecule has 2 aromatic carbocycles. The van der Waals surface area contributed by atoms with Gasteiger partial charge >= 0.3 is 0 Å². The Bertz CT molecular complexity index is 1040. The van der Waals surface area contributed by atoms with E-state index in [9.17, 15) is 14.4 Å². The number of carbonyl (C=O) groups is 3. The molecular formula is C22H20ClN3O3. The molecule has 2 N–H and O–H groups in total. The third-order valence-electron chi connectivity index (χ3n) is 6.38. The third-order valence-corrected chi connectivity index (χ3v) is 6.62. The van der Waals surface area contributed by atoms with Gasteiger partial charge in [0.05, 0.1) is 11.8 Å². The average Bonchev–Trinajstić information content (AvgIpc) is 3.26. The number of nitrogens with one attached hydrogen (secondary N) is 2. The van der Waals surface area contributed by atoms with Gasteiger partial charge in [-0.05, 0) is 37.1 Å². The lowest BCUT2D eigenvalue weighted by molar-refractivity contribution is -0.142. The molecule has 0 aliphatic carbocycles. The summed E-state index contributed by atoms with van der Waals surface area (Å²) in [6, 6.07) is 14.6. The highest BCUT2D eigenvalue weighted by atomic mass is 35.5. The Morgan fingerprint density at radius 1 is 1.07 bits per heavy atom. The average molecular weight is 410 g/mol. The SMILES string of the molecule is CC1NC2(C(=O)Nc3ccc(Cl)cc32)[C@@H]2C(=O)N(CCc3ccccc3)C(=O)[C@H]12. The van der Waals surface area contributed by atoms with Crippen molar-refractivity contribution in [3.63, 3.8) is 0 Å². The van der Waals surface area contributed by atoms with Gasteiger partial charge in [0.1, 0.15) is 5.54 Å². The number of halogens is 1. The number of hydrogen-bond donors (Lipinski definition) is 2. The Kier molecular flexibility index (Phi) is 4.05. The van der Waals surface area contributed by atoms with E-state index >= 15 is 0 Å². The minimum Gasteiger partial charge on any atom is -0.324 e. The topological polar surface area (TPSA) is 78.5 Å². The summed E-state index contributed by atoms with van der Waals surface area (Å²) in [5, 5.41) is 6.62. The maximum Gasteiger partial charge on any atom is 0.250 e. The van der Waals surface area contributed by atoms with Gasteiger partial charge in [-0.3, -0.25) is 24.6 Å². The largest absolute Gasteiger partial charge is 0.324 e. The van der Waals surface area contributed by atoms with Crippen molar-refractivity contribution in [2.45, 2.75) is 24.9 Å². The molecule has 2 aromatic rings. The quantitative estimate of drug-likeness (QED) is 0.762. The highest BCUT2D eigenvalue weighted by Crippen LogP contribution is 2.53. The molecule has 1 spiro atoms. The smallest absolute Gasteiger partial charge is 0.250 e. The molecule has 2 saturated heterocycles. The van der Waals surface area contributed by atoms with E-state index in [1.165, 1.54) is 4.90 Å². The molecule has 2 fully saturated rings. The number of likely N-dealkylation sites (tertiary alicyclic amines) is 1. The Morgan fingerprint density at radius 2 is 1.83 bits per heavy atom. The summed E-state index contributed by atoms with van der Waals surface area (Å²) in [7, 11) is 0. The minimum atomic E-state index is -1.27. The third kappa shape index (κ3) is 2.49. The van der Waals surface area contributed by atoms with E-state index in [1.807, 2.05) is 37.3 Å². The first-order valence-corrected chi connectivity index (χ1v) is 10.1. The summed E-state index contributed by atoms with van der Waals surface area (Å²) >= 11 is 6.19. The van der Waals surface area contributed by atoms with Crippen molar-refractivity contribution in [3.05, 3.63) is 64.7 Å². The number of nitrogens with zero attached hydrogens (tertiary/aromatic N) is 1. The first kappa shape index (κ1) is 18.3. The van der Waals surface area contributed by atoms with Gasteiger partial charge < -0.3 is 5.32 Å². The van der Waals surface area contributed by atoms with Crippen LogP contribution in [0, 0.1) is 11.8 Å². The standard InChI is InChI=1S/C22H20ClN3O3/c1-12-17-18(20(28)26(19(17)27)10-9-13-5-3-2-4-6-13)22(25-12)15-11-14(23)7-8-16(15)24-21(22)29/h2-8,11-12,17-18,25H,9-10H2,1H3,(H,24,29)/t12?,17-,18+,22?/m1/s1. The van der Waals surface area contributed by atoms with E-state index in [1.54, 1.807) is 18.2 Å². The molecule has 148 valence electrons. The zero-order chi connectivity index (χ0) is 20.3. The number of fused-ring (bicyclic) bond motifs is 4. The van der Waals surface area contributed by atoms with Crippen LogP contribution in [0.1, 0.15) is 18.1 Å². The second kappa shape index (κ2) is 6.40. The predicted molar refractivity (Wildman–Crippen MR) is 108 cm³/mol. The van der Waals surface area contributed by atoms with Crippen LogP contribution < -0.4 is 10.6 Å². The second-order valence-corrected chi connectivity index (χ2v) is 8.39. The Labute approximate surface area is 173 Å². The van der Waals surface area contributed by atoms with Crippen LogP contribution >= 0.6 is 11.6 Å². The zero-order valence-corrected chi connectivity index (χ0v) is 16.6. The number of anilines is 1. The number of amides is 3. The molecule has 4 atom stereocenters. The van der Waals surface area contributed by atoms with E-state index in [0.29, 0.717) is 29.2 Å². The summed E-state index contributed by atoms with van der Waals surface area (Å²) in [6.07, 6.45) is 0.585. The van der Waals surface area contributed by atoms with Crippen molar-refractivity contribution in [3.8, 4) is 0 Å². The van der Waals surface area contributed by atoms with Gasteiger partial charge in [0.2, 0.25) is 17.7 Å². The molecule has 0 radical (unpaired) electrons. The number of benzene rings is 2. The molecule has 0 bridgehead atoms. The summed E-state index contributed by atoms with van der Waals surface area (Å²) in [5.41, 5.74) is 1.06. The fourth-order valence-corrected chi connectivity index (χ4v) is 5.27. The van der Waals surface area contributed by atoms with Gasteiger partial charge in [-0.25, -0.2) is 0 Å². The summed E-state index contributed by atoms with van der Waals surface area (Å²) in [6.45, 7) is 2.16. The molecule has 3 amide bonds. The zero-order valence-electron chi connectivity index (χ0n) is 15.8.